The van der Waals surface area contributed by atoms with Crippen LogP contribution in [0.3, 0.4) is 0 Å². The standard InChI is InChI=1S/C34H49FN4O3S/c1-34(35)22-32-31(36(2)33(37(32)3)24-5-9-29(10-6-24)43(4,40)41)21-30(34)23-11-15-38(16-12-23)28-19-26-7-8-27(20-28)39(26)25-13-17-42-18-14-25/h5-6,9-10,21,23,25-28,33H,7-8,11-20,22H2,1-4H3. The number of hydrogen-bond acceptors (Lipinski definition) is 7. The van der Waals surface area contributed by atoms with E-state index in [0.717, 1.165) is 79.8 Å². The smallest absolute Gasteiger partial charge is 0.175 e. The molecule has 0 spiro atoms. The first-order valence-electron chi connectivity index (χ1n) is 16.5. The molecule has 5 heterocycles. The molecule has 0 radical (unpaired) electrons. The molecule has 0 saturated carbocycles. The molecule has 4 unspecified atom stereocenters. The SMILES string of the molecule is CN1C2=C(CC(C)(F)C(C3CCN(C4CC5CCC(C4)N5C4CCOCC4)CC3)=C2)N(C)C1c1ccc(S(C)(=O)=O)cc1. The van der Waals surface area contributed by atoms with Gasteiger partial charge in [-0.15, -0.1) is 0 Å². The Labute approximate surface area is 257 Å². The van der Waals surface area contributed by atoms with Gasteiger partial charge >= 0.3 is 0 Å². The van der Waals surface area contributed by atoms with Gasteiger partial charge in [0.1, 0.15) is 11.8 Å². The second-order valence-electron chi connectivity index (χ2n) is 14.4. The van der Waals surface area contributed by atoms with Gasteiger partial charge in [-0.2, -0.15) is 0 Å². The first kappa shape index (κ1) is 29.8. The van der Waals surface area contributed by atoms with Crippen molar-refractivity contribution in [1.29, 1.82) is 0 Å². The van der Waals surface area contributed by atoms with Gasteiger partial charge in [0, 0.05) is 69.9 Å². The summed E-state index contributed by atoms with van der Waals surface area (Å²) in [6.07, 6.45) is 13.4. The highest BCUT2D eigenvalue weighted by Crippen LogP contribution is 2.50. The molecular formula is C34H49FN4O3S. The maximum Gasteiger partial charge on any atom is 0.175 e. The Bertz CT molecular complexity index is 1360. The van der Waals surface area contributed by atoms with E-state index in [1.165, 1.54) is 44.8 Å². The number of benzene rings is 1. The van der Waals surface area contributed by atoms with Crippen LogP contribution in [0, 0.1) is 5.92 Å². The third-order valence-corrected chi connectivity index (χ3v) is 12.8. The third kappa shape index (κ3) is 5.36. The van der Waals surface area contributed by atoms with Crippen LogP contribution >= 0.6 is 0 Å². The number of halogens is 1. The highest BCUT2D eigenvalue weighted by Gasteiger charge is 2.48. The highest BCUT2D eigenvalue weighted by atomic mass is 32.2. The number of fused-ring (bicyclic) bond motifs is 2. The number of hydrogen-bond donors (Lipinski definition) is 0. The zero-order valence-electron chi connectivity index (χ0n) is 26.3. The molecule has 1 aliphatic carbocycles. The molecule has 9 heteroatoms. The van der Waals surface area contributed by atoms with Crippen LogP contribution in [0.25, 0.3) is 0 Å². The summed E-state index contributed by atoms with van der Waals surface area (Å²) in [6.45, 7) is 5.75. The summed E-state index contributed by atoms with van der Waals surface area (Å²) >= 11 is 0. The lowest BCUT2D eigenvalue weighted by molar-refractivity contribution is -0.0232. The number of nitrogens with zero attached hydrogens (tertiary/aromatic N) is 4. The van der Waals surface area contributed by atoms with Gasteiger partial charge in [-0.05, 0) is 107 Å². The van der Waals surface area contributed by atoms with Crippen molar-refractivity contribution in [2.75, 3.05) is 46.7 Å². The predicted octanol–water partition coefficient (Wildman–Crippen LogP) is 5.12. The van der Waals surface area contributed by atoms with Crippen molar-refractivity contribution in [1.82, 2.24) is 19.6 Å². The van der Waals surface area contributed by atoms with Gasteiger partial charge in [-0.25, -0.2) is 12.8 Å². The second kappa shape index (κ2) is 11.1. The zero-order valence-corrected chi connectivity index (χ0v) is 27.2. The van der Waals surface area contributed by atoms with Crippen molar-refractivity contribution < 1.29 is 17.5 Å². The third-order valence-electron chi connectivity index (χ3n) is 11.7. The number of likely N-dealkylation sites (N-methyl/N-ethyl adjacent to an activating group) is 1. The summed E-state index contributed by atoms with van der Waals surface area (Å²) in [5.41, 5.74) is 2.73. The molecule has 4 atom stereocenters. The monoisotopic (exact) mass is 612 g/mol. The van der Waals surface area contributed by atoms with E-state index in [0.29, 0.717) is 17.4 Å². The van der Waals surface area contributed by atoms with E-state index < -0.39 is 15.5 Å². The first-order valence-corrected chi connectivity index (χ1v) is 18.4. The molecule has 0 amide bonds. The number of rotatable bonds is 5. The van der Waals surface area contributed by atoms with E-state index in [4.69, 9.17) is 4.74 Å². The number of likely N-dealkylation sites (tertiary alicyclic amines) is 1. The molecule has 236 valence electrons. The van der Waals surface area contributed by atoms with E-state index >= 15 is 4.39 Å². The minimum absolute atomic E-state index is 0.0887. The fourth-order valence-corrected chi connectivity index (χ4v) is 10.2. The van der Waals surface area contributed by atoms with Gasteiger partial charge in [0.2, 0.25) is 0 Å². The summed E-state index contributed by atoms with van der Waals surface area (Å²) in [6, 6.07) is 9.99. The molecule has 0 aromatic heterocycles. The molecule has 5 aliphatic heterocycles. The minimum Gasteiger partial charge on any atom is -0.381 e. The normalized spacial score (nSPS) is 35.0. The summed E-state index contributed by atoms with van der Waals surface area (Å²) in [5, 5.41) is 0. The average Bonchev–Trinajstić information content (AvgIpc) is 3.39. The van der Waals surface area contributed by atoms with E-state index in [9.17, 15) is 8.42 Å². The molecule has 7 nitrogen and oxygen atoms in total. The Hall–Kier alpha value is -1.94. The van der Waals surface area contributed by atoms with Crippen LogP contribution in [0.1, 0.15) is 76.4 Å². The molecule has 43 heavy (non-hydrogen) atoms. The largest absolute Gasteiger partial charge is 0.381 e. The Morgan fingerprint density at radius 3 is 2.09 bits per heavy atom. The lowest BCUT2D eigenvalue weighted by atomic mass is 9.75. The topological polar surface area (TPSA) is 56.3 Å². The van der Waals surface area contributed by atoms with Crippen LogP contribution in [-0.4, -0.2) is 105 Å². The molecule has 2 bridgehead atoms. The van der Waals surface area contributed by atoms with Crippen molar-refractivity contribution in [3.8, 4) is 0 Å². The predicted molar refractivity (Wildman–Crippen MR) is 167 cm³/mol. The van der Waals surface area contributed by atoms with Gasteiger partial charge in [0.25, 0.3) is 0 Å². The number of ether oxygens (including phenoxy) is 1. The van der Waals surface area contributed by atoms with Gasteiger partial charge < -0.3 is 19.4 Å². The Kier molecular flexibility index (Phi) is 7.71. The number of sulfone groups is 1. The molecule has 6 aliphatic rings. The Morgan fingerprint density at radius 1 is 0.860 bits per heavy atom. The molecule has 7 rings (SSSR count). The van der Waals surface area contributed by atoms with Crippen molar-refractivity contribution in [2.24, 2.45) is 5.92 Å². The van der Waals surface area contributed by atoms with Crippen LogP contribution in [-0.2, 0) is 14.6 Å². The van der Waals surface area contributed by atoms with Crippen LogP contribution in [0.2, 0.25) is 0 Å². The van der Waals surface area contributed by atoms with Crippen molar-refractivity contribution in [3.05, 3.63) is 52.9 Å². The number of piperidine rings is 2. The van der Waals surface area contributed by atoms with Gasteiger partial charge in [-0.1, -0.05) is 12.1 Å². The fourth-order valence-electron chi connectivity index (χ4n) is 9.55. The highest BCUT2D eigenvalue weighted by molar-refractivity contribution is 7.90. The lowest BCUT2D eigenvalue weighted by Gasteiger charge is -2.49. The van der Waals surface area contributed by atoms with Crippen LogP contribution in [0.4, 0.5) is 4.39 Å². The molecule has 1 aromatic rings. The van der Waals surface area contributed by atoms with E-state index in [1.54, 1.807) is 19.1 Å². The van der Waals surface area contributed by atoms with Crippen molar-refractivity contribution in [2.45, 2.75) is 106 Å². The summed E-state index contributed by atoms with van der Waals surface area (Å²) < 4.78 is 46.1. The summed E-state index contributed by atoms with van der Waals surface area (Å²) in [7, 11) is 0.852. The van der Waals surface area contributed by atoms with Crippen molar-refractivity contribution in [3.63, 3.8) is 0 Å². The molecule has 1 aromatic carbocycles. The van der Waals surface area contributed by atoms with E-state index in [-0.39, 0.29) is 12.1 Å². The summed E-state index contributed by atoms with van der Waals surface area (Å²) in [4.78, 5) is 10.4. The zero-order chi connectivity index (χ0) is 30.1. The molecule has 4 fully saturated rings. The molecule has 4 saturated heterocycles. The van der Waals surface area contributed by atoms with E-state index in [1.807, 2.05) is 19.2 Å². The van der Waals surface area contributed by atoms with Gasteiger partial charge in [0.05, 0.1) is 10.6 Å². The molecular weight excluding hydrogens is 563 g/mol. The van der Waals surface area contributed by atoms with Crippen LogP contribution in [0.15, 0.2) is 52.2 Å². The second-order valence-corrected chi connectivity index (χ2v) is 16.4. The average molecular weight is 613 g/mol. The maximum absolute atomic E-state index is 16.5. The summed E-state index contributed by atoms with van der Waals surface area (Å²) in [5.74, 6) is 0.270. The quantitative estimate of drug-likeness (QED) is 0.458. The number of allylic oxidation sites excluding steroid dienone is 3. The van der Waals surface area contributed by atoms with Crippen LogP contribution in [0.5, 0.6) is 0 Å². The lowest BCUT2D eigenvalue weighted by Crippen LogP contribution is -2.56. The fraction of sp³-hybridized carbons (Fsp3) is 0.706. The molecule has 0 N–H and O–H groups in total. The van der Waals surface area contributed by atoms with Gasteiger partial charge in [-0.3, -0.25) is 4.90 Å². The first-order chi connectivity index (χ1) is 20.5. The van der Waals surface area contributed by atoms with Gasteiger partial charge in [0.15, 0.2) is 9.84 Å². The minimum atomic E-state index is -3.25. The van der Waals surface area contributed by atoms with E-state index in [2.05, 4.69) is 32.7 Å². The Morgan fingerprint density at radius 2 is 1.49 bits per heavy atom. The number of alkyl halides is 1. The Balaban J connectivity index is 1.02. The van der Waals surface area contributed by atoms with Crippen LogP contribution < -0.4 is 0 Å². The van der Waals surface area contributed by atoms with Crippen molar-refractivity contribution >= 4 is 9.84 Å². The maximum atomic E-state index is 16.5.